The maximum atomic E-state index is 13.7. The fourth-order valence-corrected chi connectivity index (χ4v) is 4.15. The van der Waals surface area contributed by atoms with E-state index < -0.39 is 38.4 Å². The van der Waals surface area contributed by atoms with Crippen LogP contribution in [0.2, 0.25) is 0 Å². The van der Waals surface area contributed by atoms with Gasteiger partial charge in [0, 0.05) is 17.1 Å². The molecule has 0 saturated carbocycles. The van der Waals surface area contributed by atoms with Crippen molar-refractivity contribution in [3.8, 4) is 0 Å². The molecule has 0 radical (unpaired) electrons. The van der Waals surface area contributed by atoms with Crippen LogP contribution in [0.15, 0.2) is 21.5 Å². The minimum atomic E-state index is -4.14. The average Bonchev–Trinajstić information content (AvgIpc) is 2.65. The van der Waals surface area contributed by atoms with E-state index in [2.05, 4.69) is 20.7 Å². The molecule has 1 aliphatic rings. The summed E-state index contributed by atoms with van der Waals surface area (Å²) in [5, 5.41) is 0. The van der Waals surface area contributed by atoms with Gasteiger partial charge >= 0.3 is 0 Å². The minimum Gasteiger partial charge on any atom is -0.348 e. The lowest BCUT2D eigenvalue weighted by molar-refractivity contribution is -0.137. The molecule has 1 atom stereocenters. The molecule has 1 aromatic carbocycles. The highest BCUT2D eigenvalue weighted by Gasteiger charge is 2.34. The number of hydrogen-bond acceptors (Lipinski definition) is 4. The normalized spacial score (nSPS) is 21.7. The highest BCUT2D eigenvalue weighted by atomic mass is 79.9. The van der Waals surface area contributed by atoms with Crippen molar-refractivity contribution in [2.24, 2.45) is 0 Å². The Labute approximate surface area is 129 Å². The van der Waals surface area contributed by atoms with E-state index in [1.165, 1.54) is 0 Å². The fraction of sp³-hybridized carbons (Fsp3) is 0.500. The Morgan fingerprint density at radius 2 is 2.10 bits per heavy atom. The van der Waals surface area contributed by atoms with Crippen molar-refractivity contribution in [2.75, 3.05) is 13.2 Å². The Morgan fingerprint density at radius 1 is 1.43 bits per heavy atom. The van der Waals surface area contributed by atoms with E-state index in [0.717, 1.165) is 6.07 Å². The Hall–Kier alpha value is -0.610. The summed E-state index contributed by atoms with van der Waals surface area (Å²) in [6.45, 7) is 3.56. The third-order valence-electron chi connectivity index (χ3n) is 2.80. The second kappa shape index (κ2) is 5.88. The first-order chi connectivity index (χ1) is 9.61. The topological polar surface area (TPSA) is 64.6 Å². The lowest BCUT2D eigenvalue weighted by Crippen LogP contribution is -2.35. The van der Waals surface area contributed by atoms with Crippen LogP contribution in [-0.2, 0) is 19.5 Å². The summed E-state index contributed by atoms with van der Waals surface area (Å²) in [5.74, 6) is -2.82. The zero-order valence-electron chi connectivity index (χ0n) is 11.3. The molecule has 1 fully saturated rings. The molecule has 0 aliphatic carbocycles. The van der Waals surface area contributed by atoms with E-state index >= 15 is 0 Å². The average molecular weight is 386 g/mol. The van der Waals surface area contributed by atoms with Crippen LogP contribution in [0, 0.1) is 11.6 Å². The van der Waals surface area contributed by atoms with Gasteiger partial charge in [0.25, 0.3) is 0 Å². The first-order valence-corrected chi connectivity index (χ1v) is 8.34. The van der Waals surface area contributed by atoms with Crippen LogP contribution >= 0.6 is 15.9 Å². The summed E-state index contributed by atoms with van der Waals surface area (Å²) in [6.07, 6.45) is -0.475. The summed E-state index contributed by atoms with van der Waals surface area (Å²) >= 11 is 2.85. The van der Waals surface area contributed by atoms with Gasteiger partial charge in [-0.05, 0) is 35.8 Å². The molecular weight excluding hydrogens is 372 g/mol. The van der Waals surface area contributed by atoms with Gasteiger partial charge in [0.15, 0.2) is 5.79 Å². The van der Waals surface area contributed by atoms with Crippen molar-refractivity contribution in [3.63, 3.8) is 0 Å². The van der Waals surface area contributed by atoms with E-state index in [-0.39, 0.29) is 17.6 Å². The molecule has 21 heavy (non-hydrogen) atoms. The number of nitrogens with one attached hydrogen (secondary N) is 1. The molecule has 2 rings (SSSR count). The molecule has 5 nitrogen and oxygen atoms in total. The second-order valence-corrected chi connectivity index (χ2v) is 7.56. The highest BCUT2D eigenvalue weighted by Crippen LogP contribution is 2.27. The van der Waals surface area contributed by atoms with Crippen LogP contribution in [0.5, 0.6) is 0 Å². The predicted octanol–water partition coefficient (Wildman–Crippen LogP) is 2.16. The Morgan fingerprint density at radius 3 is 2.62 bits per heavy atom. The minimum absolute atomic E-state index is 0.0744. The third-order valence-corrected chi connectivity index (χ3v) is 5.19. The van der Waals surface area contributed by atoms with Gasteiger partial charge in [0.05, 0.1) is 12.7 Å². The highest BCUT2D eigenvalue weighted by molar-refractivity contribution is 9.10. The largest absolute Gasteiger partial charge is 0.348 e. The lowest BCUT2D eigenvalue weighted by atomic mass is 10.3. The third kappa shape index (κ3) is 3.98. The lowest BCUT2D eigenvalue weighted by Gasteiger charge is -2.17. The Balaban J connectivity index is 2.13. The molecule has 1 unspecified atom stereocenters. The SMILES string of the molecule is CC1(C)OCC(CNS(=O)(=O)c2c(F)cc(F)cc2Br)O1. The zero-order chi connectivity index (χ0) is 15.8. The van der Waals surface area contributed by atoms with Crippen LogP contribution in [0.4, 0.5) is 8.78 Å². The van der Waals surface area contributed by atoms with E-state index in [1.807, 2.05) is 0 Å². The van der Waals surface area contributed by atoms with E-state index in [9.17, 15) is 17.2 Å². The quantitative estimate of drug-likeness (QED) is 0.862. The van der Waals surface area contributed by atoms with Crippen molar-refractivity contribution in [2.45, 2.75) is 30.6 Å². The first kappa shape index (κ1) is 16.8. The summed E-state index contributed by atoms with van der Waals surface area (Å²) in [5.41, 5.74) is 0. The van der Waals surface area contributed by atoms with Gasteiger partial charge in [0.2, 0.25) is 10.0 Å². The number of halogens is 3. The maximum absolute atomic E-state index is 13.7. The Bertz CT molecular complexity index is 628. The molecule has 0 bridgehead atoms. The first-order valence-electron chi connectivity index (χ1n) is 6.07. The van der Waals surface area contributed by atoms with Crippen molar-refractivity contribution < 1.29 is 26.7 Å². The van der Waals surface area contributed by atoms with E-state index in [1.54, 1.807) is 13.8 Å². The van der Waals surface area contributed by atoms with E-state index in [4.69, 9.17) is 9.47 Å². The molecule has 0 spiro atoms. The summed E-state index contributed by atoms with van der Waals surface area (Å²) in [4.78, 5) is -0.637. The number of hydrogen-bond donors (Lipinski definition) is 1. The molecular formula is C12H14BrF2NO4S. The van der Waals surface area contributed by atoms with Crippen LogP contribution in [0.1, 0.15) is 13.8 Å². The van der Waals surface area contributed by atoms with Crippen LogP contribution in [0.3, 0.4) is 0 Å². The molecule has 9 heteroatoms. The summed E-state index contributed by atoms with van der Waals surface area (Å²) < 4.78 is 63.7. The monoisotopic (exact) mass is 385 g/mol. The Kier molecular flexibility index (Phi) is 4.69. The van der Waals surface area contributed by atoms with Crippen molar-refractivity contribution in [1.29, 1.82) is 0 Å². The number of ether oxygens (including phenoxy) is 2. The molecule has 1 N–H and O–H groups in total. The van der Waals surface area contributed by atoms with Gasteiger partial charge in [-0.25, -0.2) is 21.9 Å². The molecule has 1 heterocycles. The van der Waals surface area contributed by atoms with Crippen molar-refractivity contribution in [3.05, 3.63) is 28.2 Å². The predicted molar refractivity (Wildman–Crippen MR) is 74.2 cm³/mol. The van der Waals surface area contributed by atoms with Crippen LogP contribution in [-0.4, -0.2) is 33.5 Å². The van der Waals surface area contributed by atoms with Crippen molar-refractivity contribution >= 4 is 26.0 Å². The fourth-order valence-electron chi connectivity index (χ4n) is 1.92. The van der Waals surface area contributed by atoms with Gasteiger partial charge in [-0.2, -0.15) is 0 Å². The van der Waals surface area contributed by atoms with Crippen LogP contribution < -0.4 is 4.72 Å². The van der Waals surface area contributed by atoms with Gasteiger partial charge < -0.3 is 9.47 Å². The molecule has 1 aliphatic heterocycles. The van der Waals surface area contributed by atoms with Crippen molar-refractivity contribution in [1.82, 2.24) is 4.72 Å². The van der Waals surface area contributed by atoms with Gasteiger partial charge in [0.1, 0.15) is 16.5 Å². The number of rotatable bonds is 4. The molecule has 1 aromatic rings. The molecule has 0 amide bonds. The van der Waals surface area contributed by atoms with Crippen LogP contribution in [0.25, 0.3) is 0 Å². The van der Waals surface area contributed by atoms with Gasteiger partial charge in [-0.3, -0.25) is 0 Å². The number of sulfonamides is 1. The molecule has 1 saturated heterocycles. The zero-order valence-corrected chi connectivity index (χ0v) is 13.7. The molecule has 118 valence electrons. The smallest absolute Gasteiger partial charge is 0.244 e. The molecule has 0 aromatic heterocycles. The van der Waals surface area contributed by atoms with Gasteiger partial charge in [-0.1, -0.05) is 0 Å². The van der Waals surface area contributed by atoms with Gasteiger partial charge in [-0.15, -0.1) is 0 Å². The summed E-state index contributed by atoms with van der Waals surface area (Å²) in [6, 6.07) is 1.40. The summed E-state index contributed by atoms with van der Waals surface area (Å²) in [7, 11) is -4.14. The number of benzene rings is 1. The van der Waals surface area contributed by atoms with E-state index in [0.29, 0.717) is 6.07 Å². The standard InChI is InChI=1S/C12H14BrF2NO4S/c1-12(2)19-6-8(20-12)5-16-21(17,18)11-9(13)3-7(14)4-10(11)15/h3-4,8,16H,5-6H2,1-2H3. The second-order valence-electron chi connectivity index (χ2n) is 5.00. The maximum Gasteiger partial charge on any atom is 0.244 e.